The summed E-state index contributed by atoms with van der Waals surface area (Å²) in [7, 11) is 0. The molecule has 2 aromatic rings. The molecule has 0 saturated heterocycles. The van der Waals surface area contributed by atoms with Crippen molar-refractivity contribution in [3.8, 4) is 11.3 Å². The Morgan fingerprint density at radius 3 is 2.67 bits per heavy atom. The average Bonchev–Trinajstić information content (AvgIpc) is 3.07. The Bertz CT molecular complexity index is 672. The largest absolute Gasteiger partial charge is 0.441 e. The highest BCUT2D eigenvalue weighted by molar-refractivity contribution is 5.77. The third kappa shape index (κ3) is 4.20. The van der Waals surface area contributed by atoms with Gasteiger partial charge in [0.2, 0.25) is 5.91 Å². The van der Waals surface area contributed by atoms with Crippen molar-refractivity contribution in [2.75, 3.05) is 6.54 Å². The van der Waals surface area contributed by atoms with Crippen LogP contribution in [-0.4, -0.2) is 23.0 Å². The van der Waals surface area contributed by atoms with Gasteiger partial charge in [0.25, 0.3) is 0 Å². The smallest absolute Gasteiger partial charge is 0.220 e. The van der Waals surface area contributed by atoms with E-state index < -0.39 is 0 Å². The van der Waals surface area contributed by atoms with Crippen molar-refractivity contribution in [3.05, 3.63) is 42.2 Å². The Balaban J connectivity index is 1.96. The molecule has 0 atom stereocenters. The number of halogens is 1. The zero-order chi connectivity index (χ0) is 17.6. The number of aromatic nitrogens is 1. The summed E-state index contributed by atoms with van der Waals surface area (Å²) < 4.78 is 19.3. The molecular weight excluding hydrogens is 309 g/mol. The molecule has 0 unspecified atom stereocenters. The van der Waals surface area contributed by atoms with Gasteiger partial charge in [-0.05, 0) is 25.0 Å². The van der Waals surface area contributed by atoms with Crippen LogP contribution in [0.2, 0.25) is 0 Å². The molecular formula is C18H24FN3O2. The Kier molecular flexibility index (Phi) is 6.09. The van der Waals surface area contributed by atoms with Crippen molar-refractivity contribution in [1.29, 1.82) is 0 Å². The first-order valence-electron chi connectivity index (χ1n) is 8.24. The van der Waals surface area contributed by atoms with Crippen LogP contribution in [0.15, 0.2) is 34.9 Å². The fourth-order valence-electron chi connectivity index (χ4n) is 2.56. The lowest BCUT2D eigenvalue weighted by molar-refractivity contribution is -0.123. The first-order chi connectivity index (χ1) is 11.5. The number of nitrogens with two attached hydrogens (primary N) is 1. The summed E-state index contributed by atoms with van der Waals surface area (Å²) in [5.74, 6) is 0.322. The summed E-state index contributed by atoms with van der Waals surface area (Å²) >= 11 is 0. The highest BCUT2D eigenvalue weighted by atomic mass is 19.1. The van der Waals surface area contributed by atoms with Crippen LogP contribution in [0.3, 0.4) is 0 Å². The van der Waals surface area contributed by atoms with Gasteiger partial charge in [-0.3, -0.25) is 4.79 Å². The number of rotatable bonds is 8. The van der Waals surface area contributed by atoms with Crippen molar-refractivity contribution < 1.29 is 13.6 Å². The van der Waals surface area contributed by atoms with E-state index >= 15 is 0 Å². The monoisotopic (exact) mass is 333 g/mol. The standard InChI is InChI=1S/C18H24FN3O2/c1-3-18(4-2,12-20)22-16(23)9-10-17-21-11-15(24-17)13-7-5-6-8-14(13)19/h5-8,11H,3-4,9-10,12,20H2,1-2H3,(H,22,23). The summed E-state index contributed by atoms with van der Waals surface area (Å²) in [4.78, 5) is 16.3. The topological polar surface area (TPSA) is 81.1 Å². The molecule has 0 spiro atoms. The van der Waals surface area contributed by atoms with E-state index in [-0.39, 0.29) is 23.7 Å². The number of amides is 1. The molecule has 0 radical (unpaired) electrons. The molecule has 1 amide bonds. The molecule has 0 aliphatic carbocycles. The maximum Gasteiger partial charge on any atom is 0.220 e. The minimum atomic E-state index is -0.364. The second-order valence-electron chi connectivity index (χ2n) is 5.84. The SMILES string of the molecule is CCC(CC)(CN)NC(=O)CCc1ncc(-c2ccccc2F)o1. The summed E-state index contributed by atoms with van der Waals surface area (Å²) in [6.45, 7) is 4.42. The molecule has 0 saturated carbocycles. The Labute approximate surface area is 141 Å². The predicted molar refractivity (Wildman–Crippen MR) is 90.7 cm³/mol. The summed E-state index contributed by atoms with van der Waals surface area (Å²) in [5.41, 5.74) is 5.79. The number of aryl methyl sites for hydroxylation is 1. The maximum absolute atomic E-state index is 13.7. The van der Waals surface area contributed by atoms with E-state index in [1.165, 1.54) is 12.3 Å². The number of carbonyl (C=O) groups is 1. The lowest BCUT2D eigenvalue weighted by atomic mass is 9.92. The van der Waals surface area contributed by atoms with Gasteiger partial charge in [0.05, 0.1) is 17.3 Å². The quantitative estimate of drug-likeness (QED) is 0.778. The molecule has 0 fully saturated rings. The number of nitrogens with one attached hydrogen (secondary N) is 1. The molecule has 130 valence electrons. The summed E-state index contributed by atoms with van der Waals surface area (Å²) in [6, 6.07) is 6.35. The normalized spacial score (nSPS) is 11.5. The van der Waals surface area contributed by atoms with E-state index in [1.54, 1.807) is 18.2 Å². The van der Waals surface area contributed by atoms with E-state index in [0.717, 1.165) is 12.8 Å². The molecule has 1 aromatic carbocycles. The molecule has 0 aliphatic rings. The van der Waals surface area contributed by atoms with Crippen molar-refractivity contribution in [2.45, 2.75) is 45.1 Å². The van der Waals surface area contributed by atoms with Crippen LogP contribution < -0.4 is 11.1 Å². The van der Waals surface area contributed by atoms with E-state index in [9.17, 15) is 9.18 Å². The second kappa shape index (κ2) is 8.06. The van der Waals surface area contributed by atoms with Gasteiger partial charge in [-0.2, -0.15) is 0 Å². The van der Waals surface area contributed by atoms with Gasteiger partial charge in [0, 0.05) is 19.4 Å². The van der Waals surface area contributed by atoms with Crippen LogP contribution in [-0.2, 0) is 11.2 Å². The molecule has 1 aromatic heterocycles. The van der Waals surface area contributed by atoms with E-state index in [0.29, 0.717) is 30.2 Å². The minimum Gasteiger partial charge on any atom is -0.441 e. The molecule has 0 aliphatic heterocycles. The first kappa shape index (κ1) is 18.1. The van der Waals surface area contributed by atoms with Crippen LogP contribution in [0, 0.1) is 5.82 Å². The van der Waals surface area contributed by atoms with Gasteiger partial charge in [0.1, 0.15) is 5.82 Å². The molecule has 3 N–H and O–H groups in total. The molecule has 5 nitrogen and oxygen atoms in total. The van der Waals surface area contributed by atoms with Crippen LogP contribution in [0.4, 0.5) is 4.39 Å². The van der Waals surface area contributed by atoms with Crippen molar-refractivity contribution in [1.82, 2.24) is 10.3 Å². The van der Waals surface area contributed by atoms with Gasteiger partial charge in [-0.25, -0.2) is 9.37 Å². The fraction of sp³-hybridized carbons (Fsp3) is 0.444. The molecule has 24 heavy (non-hydrogen) atoms. The number of oxazole rings is 1. The lowest BCUT2D eigenvalue weighted by Crippen LogP contribution is -2.52. The Hall–Kier alpha value is -2.21. The van der Waals surface area contributed by atoms with Crippen LogP contribution >= 0.6 is 0 Å². The van der Waals surface area contributed by atoms with Crippen molar-refractivity contribution in [3.63, 3.8) is 0 Å². The number of benzene rings is 1. The third-order valence-electron chi connectivity index (χ3n) is 4.41. The average molecular weight is 333 g/mol. The maximum atomic E-state index is 13.7. The summed E-state index contributed by atoms with van der Waals surface area (Å²) in [5, 5.41) is 3.00. The van der Waals surface area contributed by atoms with Crippen molar-refractivity contribution >= 4 is 5.91 Å². The van der Waals surface area contributed by atoms with Gasteiger partial charge < -0.3 is 15.5 Å². The van der Waals surface area contributed by atoms with Crippen LogP contribution in [0.5, 0.6) is 0 Å². The van der Waals surface area contributed by atoms with Gasteiger partial charge >= 0.3 is 0 Å². The minimum absolute atomic E-state index is 0.0882. The van der Waals surface area contributed by atoms with Crippen LogP contribution in [0.25, 0.3) is 11.3 Å². The zero-order valence-electron chi connectivity index (χ0n) is 14.1. The van der Waals surface area contributed by atoms with Crippen LogP contribution in [0.1, 0.15) is 39.0 Å². The second-order valence-corrected chi connectivity index (χ2v) is 5.84. The summed E-state index contributed by atoms with van der Waals surface area (Å²) in [6.07, 6.45) is 3.64. The third-order valence-corrected chi connectivity index (χ3v) is 4.41. The van der Waals surface area contributed by atoms with E-state index in [4.69, 9.17) is 10.2 Å². The highest BCUT2D eigenvalue weighted by Crippen LogP contribution is 2.23. The van der Waals surface area contributed by atoms with Gasteiger partial charge in [-0.1, -0.05) is 26.0 Å². The molecule has 0 bridgehead atoms. The van der Waals surface area contributed by atoms with E-state index in [1.807, 2.05) is 13.8 Å². The number of hydrogen-bond acceptors (Lipinski definition) is 4. The number of nitrogens with zero attached hydrogens (tertiary/aromatic N) is 1. The fourth-order valence-corrected chi connectivity index (χ4v) is 2.56. The van der Waals surface area contributed by atoms with Gasteiger partial charge in [0.15, 0.2) is 11.7 Å². The highest BCUT2D eigenvalue weighted by Gasteiger charge is 2.26. The van der Waals surface area contributed by atoms with Gasteiger partial charge in [-0.15, -0.1) is 0 Å². The number of carbonyl (C=O) groups excluding carboxylic acids is 1. The molecule has 6 heteroatoms. The molecule has 2 rings (SSSR count). The Morgan fingerprint density at radius 1 is 1.33 bits per heavy atom. The Morgan fingerprint density at radius 2 is 2.04 bits per heavy atom. The first-order valence-corrected chi connectivity index (χ1v) is 8.24. The van der Waals surface area contributed by atoms with E-state index in [2.05, 4.69) is 10.3 Å². The predicted octanol–water partition coefficient (Wildman–Crippen LogP) is 3.05. The van der Waals surface area contributed by atoms with Crippen molar-refractivity contribution in [2.24, 2.45) is 5.73 Å². The lowest BCUT2D eigenvalue weighted by Gasteiger charge is -2.31. The molecule has 1 heterocycles. The number of hydrogen-bond donors (Lipinski definition) is 2. The zero-order valence-corrected chi connectivity index (χ0v) is 14.1.